The maximum atomic E-state index is 10.8. The number of hydrogen-bond acceptors (Lipinski definition) is 2. The SMILES string of the molecule is O=c1cc(CC2CCNCC2)[nH][nH]1. The van der Waals surface area contributed by atoms with Gasteiger partial charge in [0.15, 0.2) is 0 Å². The van der Waals surface area contributed by atoms with Crippen LogP contribution in [0, 0.1) is 5.92 Å². The van der Waals surface area contributed by atoms with E-state index < -0.39 is 0 Å². The summed E-state index contributed by atoms with van der Waals surface area (Å²) >= 11 is 0. The molecule has 2 rings (SSSR count). The molecule has 4 heteroatoms. The highest BCUT2D eigenvalue weighted by Gasteiger charge is 2.13. The van der Waals surface area contributed by atoms with E-state index in [1.807, 2.05) is 0 Å². The average Bonchev–Trinajstić information content (AvgIpc) is 2.53. The molecule has 13 heavy (non-hydrogen) atoms. The number of piperidine rings is 1. The van der Waals surface area contributed by atoms with Crippen LogP contribution in [0.15, 0.2) is 10.9 Å². The van der Waals surface area contributed by atoms with E-state index in [2.05, 4.69) is 15.5 Å². The first-order chi connectivity index (χ1) is 6.34. The molecule has 1 aromatic heterocycles. The van der Waals surface area contributed by atoms with Crippen LogP contribution in [0.3, 0.4) is 0 Å². The lowest BCUT2D eigenvalue weighted by Crippen LogP contribution is -2.28. The van der Waals surface area contributed by atoms with Gasteiger partial charge in [0.2, 0.25) is 0 Å². The minimum Gasteiger partial charge on any atom is -0.317 e. The van der Waals surface area contributed by atoms with Gasteiger partial charge in [-0.2, -0.15) is 0 Å². The Morgan fingerprint density at radius 3 is 2.69 bits per heavy atom. The van der Waals surface area contributed by atoms with Crippen LogP contribution in [0.1, 0.15) is 18.5 Å². The second-order valence-electron chi connectivity index (χ2n) is 3.68. The van der Waals surface area contributed by atoms with Crippen molar-refractivity contribution in [2.24, 2.45) is 5.92 Å². The van der Waals surface area contributed by atoms with Crippen LogP contribution in [0.2, 0.25) is 0 Å². The highest BCUT2D eigenvalue weighted by molar-refractivity contribution is 4.99. The number of rotatable bonds is 2. The highest BCUT2D eigenvalue weighted by atomic mass is 16.1. The zero-order chi connectivity index (χ0) is 9.10. The predicted octanol–water partition coefficient (Wildman–Crippen LogP) is 0.245. The maximum absolute atomic E-state index is 10.8. The van der Waals surface area contributed by atoms with E-state index in [0.717, 1.165) is 31.1 Å². The molecule has 3 N–H and O–H groups in total. The maximum Gasteiger partial charge on any atom is 0.264 e. The highest BCUT2D eigenvalue weighted by Crippen LogP contribution is 2.15. The fourth-order valence-electron chi connectivity index (χ4n) is 1.88. The zero-order valence-corrected chi connectivity index (χ0v) is 7.60. The van der Waals surface area contributed by atoms with Crippen LogP contribution >= 0.6 is 0 Å². The summed E-state index contributed by atoms with van der Waals surface area (Å²) in [5, 5.41) is 8.78. The number of aromatic amines is 2. The molecule has 72 valence electrons. The molecule has 0 aromatic carbocycles. The summed E-state index contributed by atoms with van der Waals surface area (Å²) in [5.41, 5.74) is 1.01. The summed E-state index contributed by atoms with van der Waals surface area (Å²) in [5.74, 6) is 0.729. The van der Waals surface area contributed by atoms with Crippen molar-refractivity contribution < 1.29 is 0 Å². The Balaban J connectivity index is 1.93. The van der Waals surface area contributed by atoms with Gasteiger partial charge in [-0.05, 0) is 38.3 Å². The lowest BCUT2D eigenvalue weighted by atomic mass is 9.93. The molecule has 0 bridgehead atoms. The third-order valence-corrected chi connectivity index (χ3v) is 2.62. The Morgan fingerprint density at radius 2 is 2.08 bits per heavy atom. The summed E-state index contributed by atoms with van der Waals surface area (Å²) in [6.45, 7) is 2.22. The van der Waals surface area contributed by atoms with Gasteiger partial charge in [-0.25, -0.2) is 0 Å². The van der Waals surface area contributed by atoms with Crippen molar-refractivity contribution in [2.45, 2.75) is 19.3 Å². The molecule has 0 atom stereocenters. The van der Waals surface area contributed by atoms with Gasteiger partial charge in [-0.15, -0.1) is 0 Å². The monoisotopic (exact) mass is 181 g/mol. The molecule has 1 aromatic rings. The molecule has 0 radical (unpaired) electrons. The second-order valence-corrected chi connectivity index (χ2v) is 3.68. The molecular formula is C9H15N3O. The smallest absolute Gasteiger partial charge is 0.264 e. The predicted molar refractivity (Wildman–Crippen MR) is 50.7 cm³/mol. The Bertz CT molecular complexity index is 309. The van der Waals surface area contributed by atoms with E-state index in [1.165, 1.54) is 12.8 Å². The van der Waals surface area contributed by atoms with Crippen molar-refractivity contribution >= 4 is 0 Å². The van der Waals surface area contributed by atoms with Crippen molar-refractivity contribution in [2.75, 3.05) is 13.1 Å². The molecule has 0 amide bonds. The third-order valence-electron chi connectivity index (χ3n) is 2.62. The fourth-order valence-corrected chi connectivity index (χ4v) is 1.88. The lowest BCUT2D eigenvalue weighted by Gasteiger charge is -2.21. The number of hydrogen-bond donors (Lipinski definition) is 3. The van der Waals surface area contributed by atoms with Gasteiger partial charge in [-0.1, -0.05) is 0 Å². The lowest BCUT2D eigenvalue weighted by molar-refractivity contribution is 0.370. The molecule has 1 aliphatic rings. The van der Waals surface area contributed by atoms with E-state index >= 15 is 0 Å². The molecule has 1 saturated heterocycles. The van der Waals surface area contributed by atoms with Crippen molar-refractivity contribution in [3.05, 3.63) is 22.1 Å². The first-order valence-corrected chi connectivity index (χ1v) is 4.82. The fraction of sp³-hybridized carbons (Fsp3) is 0.667. The van der Waals surface area contributed by atoms with Gasteiger partial charge in [-0.3, -0.25) is 9.89 Å². The van der Waals surface area contributed by atoms with Crippen LogP contribution < -0.4 is 10.9 Å². The first kappa shape index (κ1) is 8.56. The Labute approximate surface area is 76.7 Å². The summed E-state index contributed by atoms with van der Waals surface area (Å²) in [6.07, 6.45) is 3.43. The van der Waals surface area contributed by atoms with E-state index in [9.17, 15) is 4.79 Å². The summed E-state index contributed by atoms with van der Waals surface area (Å²) in [6, 6.07) is 1.65. The minimum atomic E-state index is -0.0241. The topological polar surface area (TPSA) is 60.7 Å². The molecule has 4 nitrogen and oxygen atoms in total. The van der Waals surface area contributed by atoms with E-state index in [1.54, 1.807) is 6.07 Å². The van der Waals surface area contributed by atoms with Crippen molar-refractivity contribution in [1.29, 1.82) is 0 Å². The molecular weight excluding hydrogens is 166 g/mol. The molecule has 1 fully saturated rings. The van der Waals surface area contributed by atoms with Crippen molar-refractivity contribution in [1.82, 2.24) is 15.5 Å². The van der Waals surface area contributed by atoms with Crippen molar-refractivity contribution in [3.63, 3.8) is 0 Å². The van der Waals surface area contributed by atoms with Gasteiger partial charge in [0.1, 0.15) is 0 Å². The normalized spacial score (nSPS) is 19.1. The summed E-state index contributed by atoms with van der Waals surface area (Å²) in [7, 11) is 0. The van der Waals surface area contributed by atoms with Crippen LogP contribution in [-0.4, -0.2) is 23.3 Å². The van der Waals surface area contributed by atoms with Crippen LogP contribution in [-0.2, 0) is 6.42 Å². The Hall–Kier alpha value is -1.03. The molecule has 0 aliphatic carbocycles. The minimum absolute atomic E-state index is 0.0241. The Kier molecular flexibility index (Phi) is 2.49. The van der Waals surface area contributed by atoms with Gasteiger partial charge >= 0.3 is 0 Å². The van der Waals surface area contributed by atoms with Crippen LogP contribution in [0.25, 0.3) is 0 Å². The third kappa shape index (κ3) is 2.21. The standard InChI is InChI=1S/C9H15N3O/c13-9-6-8(11-12-9)5-7-1-3-10-4-2-7/h6-7,10H,1-5H2,(H2,11,12,13). The van der Waals surface area contributed by atoms with Crippen LogP contribution in [0.5, 0.6) is 0 Å². The molecule has 1 aliphatic heterocycles. The second kappa shape index (κ2) is 3.79. The van der Waals surface area contributed by atoms with Crippen LogP contribution in [0.4, 0.5) is 0 Å². The summed E-state index contributed by atoms with van der Waals surface area (Å²) < 4.78 is 0. The number of H-pyrrole nitrogens is 2. The summed E-state index contributed by atoms with van der Waals surface area (Å²) in [4.78, 5) is 10.8. The van der Waals surface area contributed by atoms with Crippen molar-refractivity contribution in [3.8, 4) is 0 Å². The average molecular weight is 181 g/mol. The largest absolute Gasteiger partial charge is 0.317 e. The van der Waals surface area contributed by atoms with Gasteiger partial charge < -0.3 is 10.4 Å². The number of aromatic nitrogens is 2. The molecule has 0 spiro atoms. The molecule has 0 saturated carbocycles. The van der Waals surface area contributed by atoms with E-state index in [0.29, 0.717) is 0 Å². The molecule has 2 heterocycles. The zero-order valence-electron chi connectivity index (χ0n) is 7.60. The van der Waals surface area contributed by atoms with Gasteiger partial charge in [0, 0.05) is 11.8 Å². The first-order valence-electron chi connectivity index (χ1n) is 4.82. The van der Waals surface area contributed by atoms with E-state index in [4.69, 9.17) is 0 Å². The van der Waals surface area contributed by atoms with Gasteiger partial charge in [0.05, 0.1) is 0 Å². The quantitative estimate of drug-likeness (QED) is 0.612. The van der Waals surface area contributed by atoms with Gasteiger partial charge in [0.25, 0.3) is 5.56 Å². The Morgan fingerprint density at radius 1 is 1.31 bits per heavy atom. The van der Waals surface area contributed by atoms with E-state index in [-0.39, 0.29) is 5.56 Å². The molecule has 0 unspecified atom stereocenters. The number of nitrogens with one attached hydrogen (secondary N) is 3.